The summed E-state index contributed by atoms with van der Waals surface area (Å²) in [6.45, 7) is 2.62. The minimum absolute atomic E-state index is 0.239. The van der Waals surface area contributed by atoms with Crippen LogP contribution in [0, 0.1) is 11.6 Å². The monoisotopic (exact) mass is 232 g/mol. The van der Waals surface area contributed by atoms with E-state index in [1.54, 1.807) is 4.90 Å². The summed E-state index contributed by atoms with van der Waals surface area (Å²) >= 11 is 0. The largest absolute Gasteiger partial charge is 0.366 e. The van der Waals surface area contributed by atoms with E-state index in [-0.39, 0.29) is 11.4 Å². The van der Waals surface area contributed by atoms with Crippen LogP contribution in [0.25, 0.3) is 0 Å². The molecule has 0 atom stereocenters. The van der Waals surface area contributed by atoms with E-state index in [1.165, 1.54) is 0 Å². The van der Waals surface area contributed by atoms with Gasteiger partial charge in [-0.25, -0.2) is 8.78 Å². The summed E-state index contributed by atoms with van der Waals surface area (Å²) in [7, 11) is 0. The third kappa shape index (κ3) is 2.06. The van der Waals surface area contributed by atoms with Crippen LogP contribution in [0.3, 0.4) is 0 Å². The van der Waals surface area contributed by atoms with Crippen molar-refractivity contribution in [1.82, 2.24) is 5.32 Å². The summed E-state index contributed by atoms with van der Waals surface area (Å²) in [5.74, 6) is -2.42. The fraction of sp³-hybridized carbons (Fsp3) is 0.400. The number of hydrogen-bond acceptors (Lipinski definition) is 3. The summed E-state index contributed by atoms with van der Waals surface area (Å²) in [5, 5.41) is 3.10. The molecule has 1 aromatic rings. The molecular formula is C10H11F3N2O. The van der Waals surface area contributed by atoms with Gasteiger partial charge in [-0.3, -0.25) is 4.94 Å². The van der Waals surface area contributed by atoms with Crippen LogP contribution in [0.5, 0.6) is 5.75 Å². The third-order valence-corrected chi connectivity index (χ3v) is 2.54. The summed E-state index contributed by atoms with van der Waals surface area (Å²) in [6.07, 6.45) is 0. The van der Waals surface area contributed by atoms with Crippen molar-refractivity contribution in [3.05, 3.63) is 23.8 Å². The Morgan fingerprint density at radius 3 is 2.38 bits per heavy atom. The van der Waals surface area contributed by atoms with Gasteiger partial charge in [0.25, 0.3) is 0 Å². The Balaban J connectivity index is 2.33. The highest BCUT2D eigenvalue weighted by molar-refractivity contribution is 5.59. The second-order valence-corrected chi connectivity index (χ2v) is 3.55. The van der Waals surface area contributed by atoms with E-state index in [9.17, 15) is 13.3 Å². The van der Waals surface area contributed by atoms with E-state index < -0.39 is 11.6 Å². The van der Waals surface area contributed by atoms with Crippen LogP contribution in [0.1, 0.15) is 0 Å². The predicted octanol–water partition coefficient (Wildman–Crippen LogP) is 1.64. The van der Waals surface area contributed by atoms with Crippen molar-refractivity contribution in [3.63, 3.8) is 0 Å². The Morgan fingerprint density at radius 2 is 1.75 bits per heavy atom. The van der Waals surface area contributed by atoms with Crippen LogP contribution in [-0.4, -0.2) is 26.2 Å². The molecule has 0 unspecified atom stereocenters. The van der Waals surface area contributed by atoms with Gasteiger partial charge < -0.3 is 10.2 Å². The Hall–Kier alpha value is -1.43. The van der Waals surface area contributed by atoms with Crippen molar-refractivity contribution in [3.8, 4) is 5.75 Å². The summed E-state index contributed by atoms with van der Waals surface area (Å²) in [6, 6.07) is 1.67. The highest BCUT2D eigenvalue weighted by Crippen LogP contribution is 2.31. The van der Waals surface area contributed by atoms with Crippen LogP contribution in [-0.2, 0) is 0 Å². The Kier molecular flexibility index (Phi) is 3.19. The molecule has 16 heavy (non-hydrogen) atoms. The van der Waals surface area contributed by atoms with Crippen molar-refractivity contribution in [2.24, 2.45) is 0 Å². The topological polar surface area (TPSA) is 24.5 Å². The molecule has 0 amide bonds. The van der Waals surface area contributed by atoms with Gasteiger partial charge in [0, 0.05) is 42.8 Å². The maximum atomic E-state index is 13.1. The van der Waals surface area contributed by atoms with E-state index in [0.717, 1.165) is 6.07 Å². The molecule has 1 heterocycles. The molecular weight excluding hydrogens is 221 g/mol. The fourth-order valence-corrected chi connectivity index (χ4v) is 1.73. The maximum absolute atomic E-state index is 13.1. The smallest absolute Gasteiger partial charge is 0.198 e. The third-order valence-electron chi connectivity index (χ3n) is 2.54. The number of piperazine rings is 1. The summed E-state index contributed by atoms with van der Waals surface area (Å²) in [5.41, 5.74) is 0.239. The molecule has 6 heteroatoms. The first-order valence-corrected chi connectivity index (χ1v) is 4.95. The van der Waals surface area contributed by atoms with E-state index >= 15 is 0 Å². The van der Waals surface area contributed by atoms with Crippen molar-refractivity contribution in [1.29, 1.82) is 0 Å². The lowest BCUT2D eigenvalue weighted by Crippen LogP contribution is -2.43. The Bertz CT molecular complexity index is 381. The van der Waals surface area contributed by atoms with Gasteiger partial charge in [-0.15, -0.1) is 0 Å². The predicted molar refractivity (Wildman–Crippen MR) is 53.2 cm³/mol. The fourth-order valence-electron chi connectivity index (χ4n) is 1.73. The molecule has 0 bridgehead atoms. The van der Waals surface area contributed by atoms with Gasteiger partial charge in [-0.2, -0.15) is 0 Å². The van der Waals surface area contributed by atoms with Gasteiger partial charge in [0.2, 0.25) is 0 Å². The highest BCUT2D eigenvalue weighted by Gasteiger charge is 2.19. The molecule has 2 rings (SSSR count). The summed E-state index contributed by atoms with van der Waals surface area (Å²) in [4.78, 5) is 5.31. The second-order valence-electron chi connectivity index (χ2n) is 3.55. The number of nitrogens with one attached hydrogen (secondary N) is 1. The Morgan fingerprint density at radius 1 is 1.12 bits per heavy atom. The van der Waals surface area contributed by atoms with E-state index in [1.807, 2.05) is 0 Å². The van der Waals surface area contributed by atoms with Crippen molar-refractivity contribution >= 4 is 5.69 Å². The van der Waals surface area contributed by atoms with Gasteiger partial charge in [-0.05, 0) is 0 Å². The molecule has 1 aliphatic heterocycles. The first-order valence-electron chi connectivity index (χ1n) is 4.95. The van der Waals surface area contributed by atoms with Crippen LogP contribution in [0.2, 0.25) is 0 Å². The van der Waals surface area contributed by atoms with Gasteiger partial charge >= 0.3 is 0 Å². The van der Waals surface area contributed by atoms with Crippen LogP contribution >= 0.6 is 0 Å². The molecule has 88 valence electrons. The standard InChI is InChI=1S/C10H11F3N2O/c11-7-5-9(10(16-13)6-8(7)12)15-3-1-14-2-4-15/h5-6,14H,1-4H2. The highest BCUT2D eigenvalue weighted by atomic mass is 19.3. The molecule has 1 saturated heterocycles. The average Bonchev–Trinajstić information content (AvgIpc) is 2.33. The molecule has 0 aromatic heterocycles. The number of benzene rings is 1. The molecule has 3 nitrogen and oxygen atoms in total. The molecule has 0 radical (unpaired) electrons. The molecule has 1 N–H and O–H groups in total. The van der Waals surface area contributed by atoms with Crippen LogP contribution in [0.4, 0.5) is 19.0 Å². The van der Waals surface area contributed by atoms with Crippen LogP contribution < -0.4 is 15.2 Å². The van der Waals surface area contributed by atoms with Gasteiger partial charge in [0.05, 0.1) is 5.69 Å². The molecule has 0 spiro atoms. The number of nitrogens with zero attached hydrogens (tertiary/aromatic N) is 1. The first kappa shape index (κ1) is 11.1. The average molecular weight is 232 g/mol. The quantitative estimate of drug-likeness (QED) is 0.838. The zero-order chi connectivity index (χ0) is 11.5. The van der Waals surface area contributed by atoms with E-state index in [0.29, 0.717) is 32.2 Å². The Labute approximate surface area is 90.7 Å². The first-order chi connectivity index (χ1) is 7.72. The van der Waals surface area contributed by atoms with Crippen molar-refractivity contribution < 1.29 is 18.2 Å². The lowest BCUT2D eigenvalue weighted by Gasteiger charge is -2.29. The molecule has 0 saturated carbocycles. The van der Waals surface area contributed by atoms with Crippen molar-refractivity contribution in [2.75, 3.05) is 31.1 Å². The molecule has 1 fully saturated rings. The number of halogens is 3. The van der Waals surface area contributed by atoms with E-state index in [4.69, 9.17) is 0 Å². The molecule has 1 aliphatic rings. The van der Waals surface area contributed by atoms with Gasteiger partial charge in [0.15, 0.2) is 17.4 Å². The minimum atomic E-state index is -1.12. The van der Waals surface area contributed by atoms with Crippen LogP contribution in [0.15, 0.2) is 12.1 Å². The summed E-state index contributed by atoms with van der Waals surface area (Å²) < 4.78 is 38.1. The SMILES string of the molecule is FOc1cc(F)c(F)cc1N1CCNCC1. The zero-order valence-corrected chi connectivity index (χ0v) is 8.47. The van der Waals surface area contributed by atoms with Crippen molar-refractivity contribution in [2.45, 2.75) is 0 Å². The number of rotatable bonds is 2. The van der Waals surface area contributed by atoms with E-state index in [2.05, 4.69) is 10.3 Å². The molecule has 1 aromatic carbocycles. The number of hydrogen-bond donors (Lipinski definition) is 1. The maximum Gasteiger partial charge on any atom is 0.198 e. The molecule has 0 aliphatic carbocycles. The second kappa shape index (κ2) is 4.61. The zero-order valence-electron chi connectivity index (χ0n) is 8.47. The lowest BCUT2D eigenvalue weighted by molar-refractivity contribution is -0.00610. The number of anilines is 1. The minimum Gasteiger partial charge on any atom is -0.366 e. The van der Waals surface area contributed by atoms with Gasteiger partial charge in [-0.1, -0.05) is 0 Å². The lowest BCUT2D eigenvalue weighted by atomic mass is 10.2. The van der Waals surface area contributed by atoms with Gasteiger partial charge in [0.1, 0.15) is 0 Å². The normalized spacial score (nSPS) is 16.3.